The molecule has 22 heavy (non-hydrogen) atoms. The predicted octanol–water partition coefficient (Wildman–Crippen LogP) is 5.17. The highest BCUT2D eigenvalue weighted by atomic mass is 19.4. The third kappa shape index (κ3) is 3.02. The summed E-state index contributed by atoms with van der Waals surface area (Å²) in [6, 6.07) is 13.1. The van der Waals surface area contributed by atoms with Gasteiger partial charge in [-0.15, -0.1) is 0 Å². The van der Waals surface area contributed by atoms with Gasteiger partial charge in [-0.25, -0.2) is 0 Å². The van der Waals surface area contributed by atoms with E-state index >= 15 is 0 Å². The zero-order valence-electron chi connectivity index (χ0n) is 12.1. The van der Waals surface area contributed by atoms with Crippen LogP contribution < -0.4 is 5.73 Å². The second-order valence-corrected chi connectivity index (χ2v) is 5.91. The first kappa shape index (κ1) is 15.1. The minimum absolute atomic E-state index is 0.0652. The summed E-state index contributed by atoms with van der Waals surface area (Å²) in [4.78, 5) is 0. The largest absolute Gasteiger partial charge is 0.416 e. The van der Waals surface area contributed by atoms with Crippen LogP contribution in [0.4, 0.5) is 13.2 Å². The number of nitrogens with two attached hydrogens (primary N) is 1. The minimum atomic E-state index is -4.29. The molecule has 4 heteroatoms. The van der Waals surface area contributed by atoms with Crippen molar-refractivity contribution in [1.29, 1.82) is 0 Å². The molecule has 2 aromatic rings. The van der Waals surface area contributed by atoms with Crippen LogP contribution >= 0.6 is 0 Å². The molecule has 1 aliphatic carbocycles. The molecule has 0 aliphatic heterocycles. The molecular weight excluding hydrogens is 287 g/mol. The first-order valence-corrected chi connectivity index (χ1v) is 7.48. The number of rotatable bonds is 3. The molecule has 0 spiro atoms. The first-order chi connectivity index (χ1) is 10.4. The summed E-state index contributed by atoms with van der Waals surface area (Å²) in [6.07, 6.45) is -0.677. The van der Waals surface area contributed by atoms with Crippen molar-refractivity contribution in [2.45, 2.75) is 31.5 Å². The smallest absolute Gasteiger partial charge is 0.324 e. The third-order valence-corrected chi connectivity index (χ3v) is 4.50. The van der Waals surface area contributed by atoms with Crippen molar-refractivity contribution in [3.05, 3.63) is 59.7 Å². The lowest BCUT2D eigenvalue weighted by molar-refractivity contribution is -0.137. The van der Waals surface area contributed by atoms with E-state index in [1.807, 2.05) is 24.3 Å². The van der Waals surface area contributed by atoms with E-state index in [1.54, 1.807) is 0 Å². The van der Waals surface area contributed by atoms with Crippen LogP contribution in [0.2, 0.25) is 0 Å². The fourth-order valence-corrected chi connectivity index (χ4v) is 2.82. The highest BCUT2D eigenvalue weighted by Crippen LogP contribution is 2.36. The Balaban J connectivity index is 1.77. The normalized spacial score (nSPS) is 17.1. The zero-order chi connectivity index (χ0) is 15.7. The van der Waals surface area contributed by atoms with Crippen LogP contribution in [0.1, 0.15) is 36.4 Å². The highest BCUT2D eigenvalue weighted by molar-refractivity contribution is 5.64. The van der Waals surface area contributed by atoms with E-state index < -0.39 is 11.7 Å². The quantitative estimate of drug-likeness (QED) is 0.831. The number of hydrogen-bond acceptors (Lipinski definition) is 1. The van der Waals surface area contributed by atoms with E-state index in [0.29, 0.717) is 5.92 Å². The molecule has 0 unspecified atom stereocenters. The van der Waals surface area contributed by atoms with Gasteiger partial charge in [0.25, 0.3) is 0 Å². The van der Waals surface area contributed by atoms with E-state index in [1.165, 1.54) is 31.4 Å². The SMILES string of the molecule is N[C@@H](c1ccc(-c2ccc(C(F)(F)F)cc2)cc1)C1CCC1. The summed E-state index contributed by atoms with van der Waals surface area (Å²) in [5, 5.41) is 0. The number of halogens is 3. The summed E-state index contributed by atoms with van der Waals surface area (Å²) < 4.78 is 37.7. The van der Waals surface area contributed by atoms with Gasteiger partial charge in [0, 0.05) is 6.04 Å². The van der Waals surface area contributed by atoms with Crippen molar-refractivity contribution in [2.75, 3.05) is 0 Å². The molecule has 0 radical (unpaired) electrons. The molecule has 0 saturated heterocycles. The summed E-state index contributed by atoms with van der Waals surface area (Å²) in [7, 11) is 0. The fraction of sp³-hybridized carbons (Fsp3) is 0.333. The van der Waals surface area contributed by atoms with Crippen LogP contribution in [0.15, 0.2) is 48.5 Å². The summed E-state index contributed by atoms with van der Waals surface area (Å²) in [6.45, 7) is 0. The van der Waals surface area contributed by atoms with Gasteiger partial charge in [0.15, 0.2) is 0 Å². The van der Waals surface area contributed by atoms with Crippen LogP contribution in [-0.2, 0) is 6.18 Å². The van der Waals surface area contributed by atoms with Crippen LogP contribution in [0.3, 0.4) is 0 Å². The van der Waals surface area contributed by atoms with Gasteiger partial charge in [0.05, 0.1) is 5.56 Å². The van der Waals surface area contributed by atoms with Gasteiger partial charge >= 0.3 is 6.18 Å². The van der Waals surface area contributed by atoms with Crippen molar-refractivity contribution in [3.63, 3.8) is 0 Å². The van der Waals surface area contributed by atoms with Gasteiger partial charge in [0.1, 0.15) is 0 Å². The Morgan fingerprint density at radius 3 is 1.77 bits per heavy atom. The molecule has 1 saturated carbocycles. The number of hydrogen-bond donors (Lipinski definition) is 1. The van der Waals surface area contributed by atoms with Crippen LogP contribution in [-0.4, -0.2) is 0 Å². The Labute approximate surface area is 128 Å². The van der Waals surface area contributed by atoms with Gasteiger partial charge < -0.3 is 5.73 Å². The van der Waals surface area contributed by atoms with E-state index in [2.05, 4.69) is 0 Å². The van der Waals surface area contributed by atoms with Gasteiger partial charge in [-0.1, -0.05) is 42.8 Å². The van der Waals surface area contributed by atoms with Crippen LogP contribution in [0.5, 0.6) is 0 Å². The molecule has 2 aromatic carbocycles. The summed E-state index contributed by atoms with van der Waals surface area (Å²) in [5.41, 5.74) is 8.38. The Bertz CT molecular complexity index is 625. The molecule has 0 amide bonds. The first-order valence-electron chi connectivity index (χ1n) is 7.48. The third-order valence-electron chi connectivity index (χ3n) is 4.50. The summed E-state index contributed by atoms with van der Waals surface area (Å²) in [5.74, 6) is 0.567. The van der Waals surface area contributed by atoms with Crippen molar-refractivity contribution >= 4 is 0 Å². The van der Waals surface area contributed by atoms with E-state index in [4.69, 9.17) is 5.73 Å². The lowest BCUT2D eigenvalue weighted by Gasteiger charge is -2.31. The maximum absolute atomic E-state index is 12.6. The molecule has 116 valence electrons. The minimum Gasteiger partial charge on any atom is -0.324 e. The molecule has 3 rings (SSSR count). The molecule has 1 nitrogen and oxygen atoms in total. The Kier molecular flexibility index (Phi) is 3.96. The molecule has 0 heterocycles. The lowest BCUT2D eigenvalue weighted by Crippen LogP contribution is -2.26. The van der Waals surface area contributed by atoms with Crippen molar-refractivity contribution in [3.8, 4) is 11.1 Å². The highest BCUT2D eigenvalue weighted by Gasteiger charge is 2.30. The van der Waals surface area contributed by atoms with Crippen LogP contribution in [0, 0.1) is 5.92 Å². The van der Waals surface area contributed by atoms with Gasteiger partial charge in [-0.2, -0.15) is 13.2 Å². The van der Waals surface area contributed by atoms with Gasteiger partial charge in [-0.05, 0) is 47.6 Å². The van der Waals surface area contributed by atoms with Crippen molar-refractivity contribution < 1.29 is 13.2 Å². The lowest BCUT2D eigenvalue weighted by atomic mass is 9.77. The maximum Gasteiger partial charge on any atom is 0.416 e. The maximum atomic E-state index is 12.6. The second kappa shape index (κ2) is 5.76. The van der Waals surface area contributed by atoms with E-state index in [-0.39, 0.29) is 6.04 Å². The fourth-order valence-electron chi connectivity index (χ4n) is 2.82. The molecule has 2 N–H and O–H groups in total. The second-order valence-electron chi connectivity index (χ2n) is 5.91. The number of benzene rings is 2. The Hall–Kier alpha value is -1.81. The Morgan fingerprint density at radius 2 is 1.36 bits per heavy atom. The topological polar surface area (TPSA) is 26.0 Å². The van der Waals surface area contributed by atoms with Gasteiger partial charge in [-0.3, -0.25) is 0 Å². The Morgan fingerprint density at radius 1 is 0.864 bits per heavy atom. The van der Waals surface area contributed by atoms with E-state index in [9.17, 15) is 13.2 Å². The molecule has 1 aliphatic rings. The van der Waals surface area contributed by atoms with Crippen molar-refractivity contribution in [1.82, 2.24) is 0 Å². The summed E-state index contributed by atoms with van der Waals surface area (Å²) >= 11 is 0. The van der Waals surface area contributed by atoms with E-state index in [0.717, 1.165) is 28.8 Å². The van der Waals surface area contributed by atoms with Gasteiger partial charge in [0.2, 0.25) is 0 Å². The number of alkyl halides is 3. The van der Waals surface area contributed by atoms with Crippen LogP contribution in [0.25, 0.3) is 11.1 Å². The van der Waals surface area contributed by atoms with Crippen molar-refractivity contribution in [2.24, 2.45) is 11.7 Å². The average Bonchev–Trinajstić information content (AvgIpc) is 2.45. The molecule has 0 bridgehead atoms. The predicted molar refractivity (Wildman–Crippen MR) is 81.1 cm³/mol. The molecule has 0 aromatic heterocycles. The molecule has 1 fully saturated rings. The molecule has 1 atom stereocenters. The monoisotopic (exact) mass is 305 g/mol. The zero-order valence-corrected chi connectivity index (χ0v) is 12.1. The average molecular weight is 305 g/mol. The molecular formula is C18H18F3N. The standard InChI is InChI=1S/C18H18F3N/c19-18(20,21)16-10-8-13(9-11-16)12-4-6-15(7-5-12)17(22)14-2-1-3-14/h4-11,14,17H,1-3,22H2/t17-/m1/s1.